The van der Waals surface area contributed by atoms with Gasteiger partial charge in [-0.05, 0) is 51.8 Å². The van der Waals surface area contributed by atoms with Crippen LogP contribution in [0.4, 0.5) is 5.69 Å². The molecule has 0 radical (unpaired) electrons. The maximum Gasteiger partial charge on any atom is 0.229 e. The number of benzene rings is 3. The summed E-state index contributed by atoms with van der Waals surface area (Å²) in [6, 6.07) is 19.2. The summed E-state index contributed by atoms with van der Waals surface area (Å²) in [5, 5.41) is 15.9. The van der Waals surface area contributed by atoms with Crippen molar-refractivity contribution in [2.45, 2.75) is 6.10 Å². The number of anilines is 1. The molecule has 0 saturated carbocycles. The Morgan fingerprint density at radius 2 is 1.82 bits per heavy atom. The van der Waals surface area contributed by atoms with Crippen LogP contribution in [0, 0.1) is 0 Å². The molecule has 1 heterocycles. The highest BCUT2D eigenvalue weighted by Gasteiger charge is 2.12. The lowest BCUT2D eigenvalue weighted by Gasteiger charge is -2.15. The Hall–Kier alpha value is -2.30. The molecule has 0 spiro atoms. The zero-order valence-corrected chi connectivity index (χ0v) is 21.1. The molecule has 0 amide bonds. The Bertz CT molecular complexity index is 1360. The summed E-state index contributed by atoms with van der Waals surface area (Å²) >= 11 is 3.31. The van der Waals surface area contributed by atoms with Gasteiger partial charge in [-0.25, -0.2) is 8.42 Å². The zero-order valence-electron chi connectivity index (χ0n) is 17.8. The minimum Gasteiger partial charge on any atom is -0.492 e. The minimum atomic E-state index is -3.41. The highest BCUT2D eigenvalue weighted by molar-refractivity contribution is 9.10. The van der Waals surface area contributed by atoms with E-state index in [1.807, 2.05) is 24.3 Å². The molecule has 4 N–H and O–H groups in total. The van der Waals surface area contributed by atoms with Gasteiger partial charge in [-0.2, -0.15) is 0 Å². The first-order valence-corrected chi connectivity index (χ1v) is 12.8. The third-order valence-corrected chi connectivity index (χ3v) is 6.32. The lowest BCUT2D eigenvalue weighted by molar-refractivity contribution is 0.172. The van der Waals surface area contributed by atoms with Crippen molar-refractivity contribution in [3.05, 3.63) is 70.7 Å². The van der Waals surface area contributed by atoms with Crippen molar-refractivity contribution < 1.29 is 18.3 Å². The molecular formula is C23H25BrClN3O4S. The van der Waals surface area contributed by atoms with Crippen LogP contribution < -0.4 is 14.8 Å². The smallest absolute Gasteiger partial charge is 0.229 e. The van der Waals surface area contributed by atoms with Gasteiger partial charge in [0, 0.05) is 39.9 Å². The fourth-order valence-corrected chi connectivity index (χ4v) is 4.59. The molecule has 0 aliphatic carbocycles. The largest absolute Gasteiger partial charge is 0.492 e. The number of ether oxygens (including phenoxy) is 1. The lowest BCUT2D eigenvalue weighted by Crippen LogP contribution is -2.26. The van der Waals surface area contributed by atoms with E-state index in [4.69, 9.17) is 4.74 Å². The highest BCUT2D eigenvalue weighted by atomic mass is 79.9. The van der Waals surface area contributed by atoms with Crippen LogP contribution in [-0.4, -0.2) is 44.5 Å². The number of aliphatic hydroxyl groups excluding tert-OH is 1. The van der Waals surface area contributed by atoms with E-state index >= 15 is 0 Å². The number of aromatic amines is 1. The van der Waals surface area contributed by atoms with Crippen LogP contribution in [0.3, 0.4) is 0 Å². The SMILES string of the molecule is CS(=O)(=O)Nc1cc([C@@H](O)CNCCOc2ccc3c(c2)[nH]c2ccccc23)ccc1Br.Cl. The molecule has 0 fully saturated rings. The maximum atomic E-state index is 11.5. The summed E-state index contributed by atoms with van der Waals surface area (Å²) in [6.45, 7) is 1.30. The number of halogens is 2. The van der Waals surface area contributed by atoms with Gasteiger partial charge in [-0.1, -0.05) is 24.3 Å². The fourth-order valence-electron chi connectivity index (χ4n) is 3.55. The first-order valence-electron chi connectivity index (χ1n) is 10.1. The van der Waals surface area contributed by atoms with E-state index in [9.17, 15) is 13.5 Å². The van der Waals surface area contributed by atoms with Crippen LogP contribution in [-0.2, 0) is 10.0 Å². The molecule has 7 nitrogen and oxygen atoms in total. The van der Waals surface area contributed by atoms with Gasteiger partial charge in [-0.3, -0.25) is 4.72 Å². The van der Waals surface area contributed by atoms with E-state index in [0.717, 1.165) is 28.4 Å². The van der Waals surface area contributed by atoms with Crippen molar-refractivity contribution in [3.8, 4) is 5.75 Å². The second-order valence-electron chi connectivity index (χ2n) is 7.56. The van der Waals surface area contributed by atoms with Gasteiger partial charge < -0.3 is 20.1 Å². The van der Waals surface area contributed by atoms with Crippen molar-refractivity contribution >= 4 is 65.9 Å². The second kappa shape index (κ2) is 10.8. The third-order valence-electron chi connectivity index (χ3n) is 5.03. The number of rotatable bonds is 9. The number of H-pyrrole nitrogens is 1. The molecule has 10 heteroatoms. The van der Waals surface area contributed by atoms with E-state index in [1.165, 1.54) is 5.39 Å². The predicted octanol–water partition coefficient (Wildman–Crippen LogP) is 4.58. The van der Waals surface area contributed by atoms with Crippen LogP contribution in [0.25, 0.3) is 21.8 Å². The Morgan fingerprint density at radius 3 is 2.61 bits per heavy atom. The van der Waals surface area contributed by atoms with Gasteiger partial charge in [0.05, 0.1) is 23.6 Å². The van der Waals surface area contributed by atoms with E-state index in [2.05, 4.69) is 49.2 Å². The van der Waals surface area contributed by atoms with E-state index in [-0.39, 0.29) is 12.4 Å². The average molecular weight is 555 g/mol. The zero-order chi connectivity index (χ0) is 22.7. The summed E-state index contributed by atoms with van der Waals surface area (Å²) < 4.78 is 31.9. The standard InChI is InChI=1S/C23H24BrN3O4S.ClH/c1-32(29,30)27-22-12-15(6-9-19(22)24)23(28)14-25-10-11-31-16-7-8-18-17-4-2-3-5-20(17)26-21(18)13-16;/h2-9,12-13,23,25-28H,10-11,14H2,1H3;1H/t23-;/m0./s1. The fraction of sp³-hybridized carbons (Fsp3) is 0.217. The van der Waals surface area contributed by atoms with Crippen LogP contribution in [0.1, 0.15) is 11.7 Å². The van der Waals surface area contributed by atoms with Crippen LogP contribution in [0.2, 0.25) is 0 Å². The van der Waals surface area contributed by atoms with Gasteiger partial charge in [-0.15, -0.1) is 12.4 Å². The van der Waals surface area contributed by atoms with Gasteiger partial charge in [0.1, 0.15) is 12.4 Å². The molecule has 0 aliphatic heterocycles. The van der Waals surface area contributed by atoms with E-state index < -0.39 is 16.1 Å². The van der Waals surface area contributed by atoms with Gasteiger partial charge >= 0.3 is 0 Å². The van der Waals surface area contributed by atoms with E-state index in [0.29, 0.717) is 35.4 Å². The summed E-state index contributed by atoms with van der Waals surface area (Å²) in [4.78, 5) is 3.40. The van der Waals surface area contributed by atoms with Crippen molar-refractivity contribution in [3.63, 3.8) is 0 Å². The lowest BCUT2D eigenvalue weighted by atomic mass is 10.1. The van der Waals surface area contributed by atoms with Crippen LogP contribution >= 0.6 is 28.3 Å². The molecule has 176 valence electrons. The number of aromatic nitrogens is 1. The topological polar surface area (TPSA) is 103 Å². The van der Waals surface area contributed by atoms with Crippen molar-refractivity contribution in [2.24, 2.45) is 0 Å². The molecule has 1 atom stereocenters. The number of sulfonamides is 1. The monoisotopic (exact) mass is 553 g/mol. The number of hydrogen-bond donors (Lipinski definition) is 4. The highest BCUT2D eigenvalue weighted by Crippen LogP contribution is 2.28. The van der Waals surface area contributed by atoms with Gasteiger partial charge in [0.25, 0.3) is 0 Å². The Kier molecular flexibility index (Phi) is 8.25. The van der Waals surface area contributed by atoms with Crippen LogP contribution in [0.15, 0.2) is 65.1 Å². The molecule has 33 heavy (non-hydrogen) atoms. The normalized spacial score (nSPS) is 12.5. The number of aliphatic hydroxyl groups is 1. The van der Waals surface area contributed by atoms with Gasteiger partial charge in [0.15, 0.2) is 0 Å². The Morgan fingerprint density at radius 1 is 1.06 bits per heavy atom. The average Bonchev–Trinajstić information content (AvgIpc) is 3.11. The van der Waals surface area contributed by atoms with Crippen LogP contribution in [0.5, 0.6) is 5.75 Å². The first kappa shape index (κ1) is 25.3. The summed E-state index contributed by atoms with van der Waals surface area (Å²) in [6.07, 6.45) is 0.297. The molecule has 4 rings (SSSR count). The van der Waals surface area contributed by atoms with Crippen molar-refractivity contribution in [1.29, 1.82) is 0 Å². The molecule has 0 bridgehead atoms. The molecule has 4 aromatic rings. The predicted molar refractivity (Wildman–Crippen MR) is 139 cm³/mol. The number of fused-ring (bicyclic) bond motifs is 3. The van der Waals surface area contributed by atoms with Crippen molar-refractivity contribution in [2.75, 3.05) is 30.7 Å². The molecule has 0 unspecified atom stereocenters. The quantitative estimate of drug-likeness (QED) is 0.227. The molecule has 3 aromatic carbocycles. The Labute approximate surface area is 207 Å². The first-order chi connectivity index (χ1) is 15.3. The third kappa shape index (κ3) is 6.39. The summed E-state index contributed by atoms with van der Waals surface area (Å²) in [5.74, 6) is 0.774. The summed E-state index contributed by atoms with van der Waals surface area (Å²) in [5.41, 5.74) is 3.12. The minimum absolute atomic E-state index is 0. The van der Waals surface area contributed by atoms with Gasteiger partial charge in [0.2, 0.25) is 10.0 Å². The van der Waals surface area contributed by atoms with E-state index in [1.54, 1.807) is 18.2 Å². The molecule has 1 aromatic heterocycles. The Balaban J connectivity index is 0.00000306. The number of hydrogen-bond acceptors (Lipinski definition) is 5. The summed E-state index contributed by atoms with van der Waals surface area (Å²) in [7, 11) is -3.41. The number of nitrogens with one attached hydrogen (secondary N) is 3. The second-order valence-corrected chi connectivity index (χ2v) is 10.2. The van der Waals surface area contributed by atoms with Crippen molar-refractivity contribution in [1.82, 2.24) is 10.3 Å². The molecule has 0 aliphatic rings. The maximum absolute atomic E-state index is 11.5. The molecular weight excluding hydrogens is 530 g/mol. The number of para-hydroxylation sites is 1. The molecule has 0 saturated heterocycles.